The van der Waals surface area contributed by atoms with Crippen LogP contribution in [0.25, 0.3) is 0 Å². The van der Waals surface area contributed by atoms with Crippen LogP contribution < -0.4 is 0 Å². The van der Waals surface area contributed by atoms with Crippen molar-refractivity contribution in [2.45, 2.75) is 10.5 Å². The fourth-order valence-corrected chi connectivity index (χ4v) is 3.57. The molecule has 86 valence electrons. The second-order valence-electron chi connectivity index (χ2n) is 4.16. The molecule has 1 aliphatic rings. The Balaban J connectivity index is 2.16. The van der Waals surface area contributed by atoms with Crippen LogP contribution >= 0.6 is 23.4 Å². The van der Waals surface area contributed by atoms with E-state index >= 15 is 0 Å². The third-order valence-corrected chi connectivity index (χ3v) is 4.54. The lowest BCUT2D eigenvalue weighted by atomic mass is 9.88. The van der Waals surface area contributed by atoms with Gasteiger partial charge in [-0.15, -0.1) is 11.8 Å². The van der Waals surface area contributed by atoms with Crippen molar-refractivity contribution in [3.05, 3.63) is 64.7 Å². The molecule has 0 saturated heterocycles. The second kappa shape index (κ2) is 4.05. The quantitative estimate of drug-likeness (QED) is 0.846. The molecule has 1 heterocycles. The SMILES string of the molecule is OC1(c2ccccc2)CSc2ccc(Cl)cc21. The van der Waals surface area contributed by atoms with Crippen molar-refractivity contribution >= 4 is 23.4 Å². The normalized spacial score (nSPS) is 22.5. The predicted molar refractivity (Wildman–Crippen MR) is 71.6 cm³/mol. The predicted octanol–water partition coefficient (Wildman–Crippen LogP) is 3.68. The summed E-state index contributed by atoms with van der Waals surface area (Å²) in [5, 5.41) is 11.5. The fraction of sp³-hybridized carbons (Fsp3) is 0.143. The zero-order chi connectivity index (χ0) is 11.9. The largest absolute Gasteiger partial charge is 0.379 e. The van der Waals surface area contributed by atoms with Gasteiger partial charge in [0.1, 0.15) is 5.60 Å². The first kappa shape index (κ1) is 11.1. The van der Waals surface area contributed by atoms with Gasteiger partial charge in [-0.1, -0.05) is 41.9 Å². The number of fused-ring (bicyclic) bond motifs is 1. The van der Waals surface area contributed by atoms with Crippen molar-refractivity contribution in [1.82, 2.24) is 0 Å². The molecule has 0 bridgehead atoms. The van der Waals surface area contributed by atoms with E-state index in [0.29, 0.717) is 10.8 Å². The number of hydrogen-bond acceptors (Lipinski definition) is 2. The summed E-state index contributed by atoms with van der Waals surface area (Å²) in [4.78, 5) is 1.11. The molecule has 0 aromatic heterocycles. The minimum Gasteiger partial charge on any atom is -0.379 e. The summed E-state index contributed by atoms with van der Waals surface area (Å²) in [6.45, 7) is 0. The van der Waals surface area contributed by atoms with Crippen LogP contribution in [0.1, 0.15) is 11.1 Å². The summed E-state index contributed by atoms with van der Waals surface area (Å²) in [5.41, 5.74) is 0.932. The molecule has 1 atom stereocenters. The summed E-state index contributed by atoms with van der Waals surface area (Å²) >= 11 is 7.69. The number of benzene rings is 2. The number of rotatable bonds is 1. The Morgan fingerprint density at radius 1 is 1.12 bits per heavy atom. The van der Waals surface area contributed by atoms with Gasteiger partial charge in [0.15, 0.2) is 0 Å². The Bertz CT molecular complexity index is 555. The molecule has 0 saturated carbocycles. The van der Waals surface area contributed by atoms with Crippen molar-refractivity contribution in [1.29, 1.82) is 0 Å². The van der Waals surface area contributed by atoms with Crippen LogP contribution in [0.5, 0.6) is 0 Å². The summed E-state index contributed by atoms with van der Waals surface area (Å²) in [7, 11) is 0. The summed E-state index contributed by atoms with van der Waals surface area (Å²) in [6, 6.07) is 15.5. The van der Waals surface area contributed by atoms with Crippen LogP contribution in [0.4, 0.5) is 0 Å². The lowest BCUT2D eigenvalue weighted by Gasteiger charge is -2.23. The van der Waals surface area contributed by atoms with Crippen LogP contribution in [0.15, 0.2) is 53.4 Å². The Morgan fingerprint density at radius 3 is 2.65 bits per heavy atom. The molecule has 2 aromatic carbocycles. The average Bonchev–Trinajstić information content (AvgIpc) is 2.70. The lowest BCUT2D eigenvalue weighted by Crippen LogP contribution is -2.26. The van der Waals surface area contributed by atoms with Crippen LogP contribution in [0.2, 0.25) is 5.02 Å². The Kier molecular flexibility index (Phi) is 2.66. The molecular weight excluding hydrogens is 252 g/mol. The van der Waals surface area contributed by atoms with Gasteiger partial charge in [-0.25, -0.2) is 0 Å². The summed E-state index contributed by atoms with van der Waals surface area (Å²) in [5.74, 6) is 0.646. The van der Waals surface area contributed by atoms with E-state index in [4.69, 9.17) is 11.6 Å². The van der Waals surface area contributed by atoms with Crippen molar-refractivity contribution in [3.8, 4) is 0 Å². The molecule has 1 aliphatic heterocycles. The minimum atomic E-state index is -0.911. The van der Waals surface area contributed by atoms with Gasteiger partial charge in [-0.05, 0) is 23.8 Å². The topological polar surface area (TPSA) is 20.2 Å². The Labute approximate surface area is 109 Å². The maximum atomic E-state index is 10.9. The summed E-state index contributed by atoms with van der Waals surface area (Å²) in [6.07, 6.45) is 0. The first-order valence-corrected chi connectivity index (χ1v) is 6.77. The highest BCUT2D eigenvalue weighted by Crippen LogP contribution is 2.46. The van der Waals surface area contributed by atoms with Gasteiger partial charge in [-0.3, -0.25) is 0 Å². The Hall–Kier alpha value is -0.960. The second-order valence-corrected chi connectivity index (χ2v) is 5.61. The van der Waals surface area contributed by atoms with Gasteiger partial charge < -0.3 is 5.11 Å². The van der Waals surface area contributed by atoms with Gasteiger partial charge in [0.05, 0.1) is 0 Å². The standard InChI is InChI=1S/C14H11ClOS/c15-11-6-7-13-12(8-11)14(16,9-17-13)10-4-2-1-3-5-10/h1-8,16H,9H2. The van der Waals surface area contributed by atoms with E-state index in [1.807, 2.05) is 48.5 Å². The van der Waals surface area contributed by atoms with E-state index < -0.39 is 5.60 Å². The minimum absolute atomic E-state index is 0.646. The van der Waals surface area contributed by atoms with Crippen molar-refractivity contribution in [2.24, 2.45) is 0 Å². The average molecular weight is 263 g/mol. The maximum absolute atomic E-state index is 10.9. The number of thioether (sulfide) groups is 1. The molecule has 1 N–H and O–H groups in total. The first-order chi connectivity index (χ1) is 8.20. The monoisotopic (exact) mass is 262 g/mol. The molecule has 0 amide bonds. The molecule has 0 aliphatic carbocycles. The van der Waals surface area contributed by atoms with Crippen molar-refractivity contribution in [2.75, 3.05) is 5.75 Å². The molecule has 0 radical (unpaired) electrons. The third kappa shape index (κ3) is 1.77. The zero-order valence-corrected chi connectivity index (χ0v) is 10.6. The molecule has 3 rings (SSSR count). The zero-order valence-electron chi connectivity index (χ0n) is 9.06. The van der Waals surface area contributed by atoms with Gasteiger partial charge in [0.25, 0.3) is 0 Å². The molecule has 0 fully saturated rings. The third-order valence-electron chi connectivity index (χ3n) is 3.08. The molecule has 2 aromatic rings. The molecule has 1 nitrogen and oxygen atoms in total. The molecule has 17 heavy (non-hydrogen) atoms. The van der Waals surface area contributed by atoms with Crippen LogP contribution in [-0.4, -0.2) is 10.9 Å². The number of aliphatic hydroxyl groups is 1. The number of hydrogen-bond donors (Lipinski definition) is 1. The van der Waals surface area contributed by atoms with E-state index in [1.54, 1.807) is 11.8 Å². The highest BCUT2D eigenvalue weighted by atomic mass is 35.5. The highest BCUT2D eigenvalue weighted by molar-refractivity contribution is 7.99. The van der Waals surface area contributed by atoms with Crippen molar-refractivity contribution < 1.29 is 5.11 Å². The maximum Gasteiger partial charge on any atom is 0.125 e. The van der Waals surface area contributed by atoms with Gasteiger partial charge in [0.2, 0.25) is 0 Å². The Morgan fingerprint density at radius 2 is 1.88 bits per heavy atom. The van der Waals surface area contributed by atoms with Crippen molar-refractivity contribution in [3.63, 3.8) is 0 Å². The molecule has 0 spiro atoms. The van der Waals surface area contributed by atoms with E-state index in [9.17, 15) is 5.11 Å². The fourth-order valence-electron chi connectivity index (χ4n) is 2.16. The molecule has 1 unspecified atom stereocenters. The van der Waals surface area contributed by atoms with Gasteiger partial charge in [0, 0.05) is 21.2 Å². The molecular formula is C14H11ClOS. The lowest BCUT2D eigenvalue weighted by molar-refractivity contribution is 0.109. The van der Waals surface area contributed by atoms with Crippen LogP contribution in [0.3, 0.4) is 0 Å². The molecule has 3 heteroatoms. The van der Waals surface area contributed by atoms with E-state index in [2.05, 4.69) is 0 Å². The van der Waals surface area contributed by atoms with Crippen LogP contribution in [0, 0.1) is 0 Å². The van der Waals surface area contributed by atoms with Gasteiger partial charge in [-0.2, -0.15) is 0 Å². The first-order valence-electron chi connectivity index (χ1n) is 5.41. The van der Waals surface area contributed by atoms with E-state index in [1.165, 1.54) is 0 Å². The van der Waals surface area contributed by atoms with Gasteiger partial charge >= 0.3 is 0 Å². The van der Waals surface area contributed by atoms with E-state index in [-0.39, 0.29) is 0 Å². The smallest absolute Gasteiger partial charge is 0.125 e. The number of halogens is 1. The summed E-state index contributed by atoms with van der Waals surface area (Å²) < 4.78 is 0. The van der Waals surface area contributed by atoms with E-state index in [0.717, 1.165) is 16.0 Å². The highest BCUT2D eigenvalue weighted by Gasteiger charge is 2.38. The van der Waals surface area contributed by atoms with Crippen LogP contribution in [-0.2, 0) is 5.60 Å².